The number of nitro benzene ring substituents is 1. The zero-order valence-electron chi connectivity index (χ0n) is 21.7. The Balaban J connectivity index is 2.19. The highest BCUT2D eigenvalue weighted by Crippen LogP contribution is 2.36. The second-order valence-corrected chi connectivity index (χ2v) is 10.6. The molecule has 0 bridgehead atoms. The molecule has 0 fully saturated rings. The summed E-state index contributed by atoms with van der Waals surface area (Å²) in [4.78, 5) is 23.2. The van der Waals surface area contributed by atoms with E-state index in [2.05, 4.69) is 15.1 Å². The lowest BCUT2D eigenvalue weighted by atomic mass is 10.2. The lowest BCUT2D eigenvalue weighted by Gasteiger charge is -2.16. The number of nitro groups is 1. The Morgan fingerprint density at radius 2 is 1.76 bits per heavy atom. The van der Waals surface area contributed by atoms with E-state index in [1.54, 1.807) is 20.8 Å². The Hall–Kier alpha value is -3.84. The predicted molar refractivity (Wildman–Crippen MR) is 139 cm³/mol. The predicted octanol–water partition coefficient (Wildman–Crippen LogP) is 4.63. The van der Waals surface area contributed by atoms with Crippen LogP contribution < -0.4 is 14.8 Å². The summed E-state index contributed by atoms with van der Waals surface area (Å²) in [5.41, 5.74) is 0.204. The first kappa shape index (κ1) is 28.7. The summed E-state index contributed by atoms with van der Waals surface area (Å²) >= 11 is 0. The van der Waals surface area contributed by atoms with Gasteiger partial charge in [-0.2, -0.15) is 9.78 Å². The third kappa shape index (κ3) is 6.34. The van der Waals surface area contributed by atoms with Gasteiger partial charge >= 0.3 is 0 Å². The van der Waals surface area contributed by atoms with Gasteiger partial charge in [0.15, 0.2) is 5.69 Å². The number of rotatable bonds is 11. The monoisotopic (exact) mass is 547 g/mol. The summed E-state index contributed by atoms with van der Waals surface area (Å²) in [5.74, 6) is -1.20. The summed E-state index contributed by atoms with van der Waals surface area (Å²) in [6.07, 6.45) is 1.16. The Labute approximate surface area is 220 Å². The number of nitrogens with one attached hydrogen (secondary N) is 2. The Kier molecular flexibility index (Phi) is 8.84. The van der Waals surface area contributed by atoms with Gasteiger partial charge in [-0.15, -0.1) is 0 Å². The molecule has 2 aromatic carbocycles. The molecule has 1 aromatic heterocycles. The zero-order valence-corrected chi connectivity index (χ0v) is 22.5. The molecule has 13 heteroatoms. The highest BCUT2D eigenvalue weighted by molar-refractivity contribution is 7.89. The lowest BCUT2D eigenvalue weighted by molar-refractivity contribution is -0.385. The number of hydrogen-bond acceptors (Lipinski definition) is 7. The number of sulfonamides is 1. The van der Waals surface area contributed by atoms with E-state index in [1.165, 1.54) is 35.0 Å². The van der Waals surface area contributed by atoms with Gasteiger partial charge in [-0.25, -0.2) is 17.5 Å². The molecule has 0 aliphatic heterocycles. The molecule has 0 radical (unpaired) electrons. The second kappa shape index (κ2) is 11.7. The molecule has 3 rings (SSSR count). The van der Waals surface area contributed by atoms with Crippen LogP contribution in [0.3, 0.4) is 0 Å². The van der Waals surface area contributed by atoms with Gasteiger partial charge in [0.05, 0.1) is 10.6 Å². The van der Waals surface area contributed by atoms with Crippen LogP contribution in [0.25, 0.3) is 5.69 Å². The molecule has 0 unspecified atom stereocenters. The third-order valence-electron chi connectivity index (χ3n) is 5.95. The van der Waals surface area contributed by atoms with Crippen molar-refractivity contribution < 1.29 is 27.3 Å². The molecule has 11 nitrogen and oxygen atoms in total. The van der Waals surface area contributed by atoms with Gasteiger partial charge in [0.25, 0.3) is 11.6 Å². The van der Waals surface area contributed by atoms with Crippen LogP contribution in [0.1, 0.15) is 56.6 Å². The van der Waals surface area contributed by atoms with Crippen LogP contribution >= 0.6 is 0 Å². The van der Waals surface area contributed by atoms with Crippen molar-refractivity contribution in [2.45, 2.75) is 64.4 Å². The maximum Gasteiger partial charge on any atom is 0.272 e. The molecular formula is C25H30FN5O6S. The molecule has 3 aromatic rings. The number of ether oxygens (including phenoxy) is 1. The largest absolute Gasteiger partial charge is 0.437 e. The first-order valence-corrected chi connectivity index (χ1v) is 13.5. The molecule has 38 heavy (non-hydrogen) atoms. The summed E-state index contributed by atoms with van der Waals surface area (Å²) in [6.45, 7) is 8.76. The van der Waals surface area contributed by atoms with Crippen molar-refractivity contribution in [1.29, 1.82) is 0 Å². The van der Waals surface area contributed by atoms with Gasteiger partial charge < -0.3 is 10.1 Å². The number of amides is 1. The minimum absolute atomic E-state index is 0.0141. The van der Waals surface area contributed by atoms with Crippen LogP contribution in [-0.4, -0.2) is 41.1 Å². The van der Waals surface area contributed by atoms with Gasteiger partial charge in [-0.3, -0.25) is 14.9 Å². The standard InChI is InChI=1S/C25H30FN5O6S/c1-6-15(3)27-24(32)23-17(5)25(30(28-23)19-10-8-18(26)9-11-19)37-21-13-12-20(31(33)34)14-22(21)38(35,36)29-16(4)7-2/h8-16,29H,6-7H2,1-5H3,(H,27,32)/t15-,16-/m1/s1. The maximum atomic E-state index is 13.6. The number of carbonyl (C=O) groups excluding carboxylic acids is 1. The topological polar surface area (TPSA) is 145 Å². The van der Waals surface area contributed by atoms with Crippen molar-refractivity contribution in [3.05, 3.63) is 69.7 Å². The Morgan fingerprint density at radius 3 is 2.34 bits per heavy atom. The van der Waals surface area contributed by atoms with E-state index in [4.69, 9.17) is 4.74 Å². The molecule has 0 aliphatic carbocycles. The van der Waals surface area contributed by atoms with E-state index in [9.17, 15) is 27.7 Å². The minimum atomic E-state index is -4.24. The van der Waals surface area contributed by atoms with Crippen LogP contribution in [0.4, 0.5) is 10.1 Å². The summed E-state index contributed by atoms with van der Waals surface area (Å²) < 4.78 is 49.8. The molecule has 0 aliphatic rings. The van der Waals surface area contributed by atoms with E-state index >= 15 is 0 Å². The fourth-order valence-electron chi connectivity index (χ4n) is 3.39. The van der Waals surface area contributed by atoms with Crippen LogP contribution in [-0.2, 0) is 10.0 Å². The van der Waals surface area contributed by atoms with Crippen molar-refractivity contribution in [1.82, 2.24) is 19.8 Å². The van der Waals surface area contributed by atoms with Crippen molar-refractivity contribution >= 4 is 21.6 Å². The molecule has 0 spiro atoms. The van der Waals surface area contributed by atoms with Crippen molar-refractivity contribution in [3.8, 4) is 17.3 Å². The fraction of sp³-hybridized carbons (Fsp3) is 0.360. The number of carbonyl (C=O) groups is 1. The normalized spacial score (nSPS) is 13.1. The highest BCUT2D eigenvalue weighted by Gasteiger charge is 2.28. The quantitative estimate of drug-likeness (QED) is 0.263. The van der Waals surface area contributed by atoms with Crippen LogP contribution in [0.15, 0.2) is 47.4 Å². The smallest absolute Gasteiger partial charge is 0.272 e. The number of hydrogen-bond donors (Lipinski definition) is 2. The van der Waals surface area contributed by atoms with Gasteiger partial charge in [0.1, 0.15) is 16.5 Å². The SMILES string of the molecule is CC[C@@H](C)NC(=O)c1nn(-c2ccc(F)cc2)c(Oc2ccc([N+](=O)[O-])cc2S(=O)(=O)N[C@H](C)CC)c1C. The molecule has 2 atom stereocenters. The molecule has 1 heterocycles. The van der Waals surface area contributed by atoms with Gasteiger partial charge in [-0.1, -0.05) is 13.8 Å². The first-order valence-electron chi connectivity index (χ1n) is 12.0. The van der Waals surface area contributed by atoms with Crippen LogP contribution in [0, 0.1) is 22.9 Å². The van der Waals surface area contributed by atoms with Crippen molar-refractivity contribution in [2.24, 2.45) is 0 Å². The average Bonchev–Trinajstić information content (AvgIpc) is 3.19. The summed E-state index contributed by atoms with van der Waals surface area (Å²) in [6, 6.07) is 7.84. The minimum Gasteiger partial charge on any atom is -0.437 e. The van der Waals surface area contributed by atoms with Crippen molar-refractivity contribution in [3.63, 3.8) is 0 Å². The third-order valence-corrected chi connectivity index (χ3v) is 7.56. The van der Waals surface area contributed by atoms with E-state index < -0.39 is 43.3 Å². The summed E-state index contributed by atoms with van der Waals surface area (Å²) in [5, 5.41) is 18.6. The fourth-order valence-corrected chi connectivity index (χ4v) is 4.86. The van der Waals surface area contributed by atoms with E-state index in [1.807, 2.05) is 13.8 Å². The molecular weight excluding hydrogens is 517 g/mol. The number of non-ortho nitro benzene ring substituents is 1. The lowest BCUT2D eigenvalue weighted by Crippen LogP contribution is -2.32. The van der Waals surface area contributed by atoms with Crippen LogP contribution in [0.2, 0.25) is 0 Å². The Morgan fingerprint density at radius 1 is 1.13 bits per heavy atom. The van der Waals surface area contributed by atoms with E-state index in [0.717, 1.165) is 12.1 Å². The Bertz CT molecular complexity index is 1440. The molecule has 0 saturated heterocycles. The first-order chi connectivity index (χ1) is 17.9. The van der Waals surface area contributed by atoms with Gasteiger partial charge in [0.2, 0.25) is 15.9 Å². The number of halogens is 1. The molecule has 0 saturated carbocycles. The van der Waals surface area contributed by atoms with E-state index in [-0.39, 0.29) is 28.9 Å². The van der Waals surface area contributed by atoms with Gasteiger partial charge in [0, 0.05) is 29.8 Å². The maximum absolute atomic E-state index is 13.6. The van der Waals surface area contributed by atoms with Crippen molar-refractivity contribution in [2.75, 3.05) is 0 Å². The molecule has 2 N–H and O–H groups in total. The molecule has 1 amide bonds. The van der Waals surface area contributed by atoms with Crippen LogP contribution in [0.5, 0.6) is 11.6 Å². The van der Waals surface area contributed by atoms with Gasteiger partial charge in [-0.05, 0) is 63.9 Å². The number of aromatic nitrogens is 2. The number of nitrogens with zero attached hydrogens (tertiary/aromatic N) is 3. The molecule has 204 valence electrons. The second-order valence-electron chi connectivity index (χ2n) is 8.87. The summed E-state index contributed by atoms with van der Waals surface area (Å²) in [7, 11) is -4.24. The number of benzene rings is 2. The average molecular weight is 548 g/mol. The highest BCUT2D eigenvalue weighted by atomic mass is 32.2. The zero-order chi connectivity index (χ0) is 28.2. The van der Waals surface area contributed by atoms with E-state index in [0.29, 0.717) is 18.5 Å².